The van der Waals surface area contributed by atoms with Gasteiger partial charge >= 0.3 is 5.91 Å². The van der Waals surface area contributed by atoms with Crippen molar-refractivity contribution in [2.24, 2.45) is 0 Å². The lowest BCUT2D eigenvalue weighted by Gasteiger charge is -2.38. The van der Waals surface area contributed by atoms with Crippen LogP contribution in [0.5, 0.6) is 0 Å². The zero-order valence-corrected chi connectivity index (χ0v) is 11.9. The van der Waals surface area contributed by atoms with E-state index in [0.717, 1.165) is 31.5 Å². The Balaban J connectivity index is 1.99. The molecule has 0 saturated carbocycles. The summed E-state index contributed by atoms with van der Waals surface area (Å²) in [5, 5.41) is 8.81. The molecule has 2 heterocycles. The van der Waals surface area contributed by atoms with E-state index in [1.54, 1.807) is 0 Å². The van der Waals surface area contributed by atoms with Crippen LogP contribution in [-0.2, 0) is 6.42 Å². The fourth-order valence-electron chi connectivity index (χ4n) is 2.55. The van der Waals surface area contributed by atoms with Crippen LogP contribution in [-0.4, -0.2) is 38.2 Å². The van der Waals surface area contributed by atoms with Gasteiger partial charge in [0.25, 0.3) is 0 Å². The molecule has 2 rings (SSSR count). The Morgan fingerprint density at radius 3 is 2.74 bits per heavy atom. The molecule has 0 spiro atoms. The molecule has 1 fully saturated rings. The largest absolute Gasteiger partial charge is 0.305 e. The van der Waals surface area contributed by atoms with Gasteiger partial charge in [-0.3, -0.25) is 15.3 Å². The molecule has 1 saturated heterocycles. The van der Waals surface area contributed by atoms with Crippen LogP contribution in [0.15, 0.2) is 0 Å². The minimum absolute atomic E-state index is 0.223. The van der Waals surface area contributed by atoms with Crippen LogP contribution in [0.25, 0.3) is 0 Å². The van der Waals surface area contributed by atoms with Crippen LogP contribution in [0.4, 0.5) is 0 Å². The van der Waals surface area contributed by atoms with Crippen LogP contribution in [0.1, 0.15) is 62.9 Å². The molecule has 1 aliphatic heterocycles. The number of nitrogens with zero attached hydrogens (tertiary/aromatic N) is 3. The minimum atomic E-state index is -0.223. The monoisotopic (exact) mass is 265 g/mol. The molecule has 6 heteroatoms. The number of hydrogen-bond donors (Lipinski definition) is 2. The van der Waals surface area contributed by atoms with Gasteiger partial charge in [-0.05, 0) is 33.1 Å². The highest BCUT2D eigenvalue weighted by atomic mass is 16.2. The van der Waals surface area contributed by atoms with Gasteiger partial charge in [0.1, 0.15) is 5.82 Å². The van der Waals surface area contributed by atoms with Crippen molar-refractivity contribution in [2.45, 2.75) is 65.0 Å². The lowest BCUT2D eigenvalue weighted by Crippen LogP contribution is -2.54. The number of aryl methyl sites for hydroxylation is 1. The third-order valence-electron chi connectivity index (χ3n) is 3.65. The number of piperidine rings is 1. The Morgan fingerprint density at radius 2 is 2.11 bits per heavy atom. The summed E-state index contributed by atoms with van der Waals surface area (Å²) in [6.45, 7) is 6.34. The standard InChI is InChI=1S/C13H23N5O/c1-4-6-11-14-12(16-15-11)13(19)17-18-9(2)7-5-8-10(18)3/h9-10H,4-8H2,1-3H3,(H,17,19)(H,14,15,16). The van der Waals surface area contributed by atoms with Gasteiger partial charge in [0.15, 0.2) is 0 Å². The second kappa shape index (κ2) is 6.14. The first-order valence-electron chi connectivity index (χ1n) is 7.12. The van der Waals surface area contributed by atoms with E-state index < -0.39 is 0 Å². The molecule has 19 heavy (non-hydrogen) atoms. The first-order chi connectivity index (χ1) is 9.11. The van der Waals surface area contributed by atoms with E-state index in [1.165, 1.54) is 6.42 Å². The van der Waals surface area contributed by atoms with Gasteiger partial charge in [0, 0.05) is 18.5 Å². The summed E-state index contributed by atoms with van der Waals surface area (Å²) in [5.74, 6) is 0.778. The van der Waals surface area contributed by atoms with Crippen molar-refractivity contribution in [1.82, 2.24) is 25.6 Å². The van der Waals surface area contributed by atoms with Gasteiger partial charge in [-0.2, -0.15) is 0 Å². The molecule has 0 aliphatic carbocycles. The highest BCUT2D eigenvalue weighted by molar-refractivity contribution is 5.89. The summed E-state index contributed by atoms with van der Waals surface area (Å²) in [4.78, 5) is 16.3. The van der Waals surface area contributed by atoms with Crippen LogP contribution in [0.3, 0.4) is 0 Å². The molecule has 2 atom stereocenters. The summed E-state index contributed by atoms with van der Waals surface area (Å²) in [6, 6.07) is 0.725. The van der Waals surface area contributed by atoms with E-state index >= 15 is 0 Å². The number of carbonyl (C=O) groups excluding carboxylic acids is 1. The highest BCUT2D eigenvalue weighted by Gasteiger charge is 2.27. The molecule has 0 aromatic carbocycles. The highest BCUT2D eigenvalue weighted by Crippen LogP contribution is 2.20. The molecule has 2 unspecified atom stereocenters. The minimum Gasteiger partial charge on any atom is -0.281 e. The summed E-state index contributed by atoms with van der Waals surface area (Å²) in [5.41, 5.74) is 2.94. The summed E-state index contributed by atoms with van der Waals surface area (Å²) in [6.07, 6.45) is 5.24. The third-order valence-corrected chi connectivity index (χ3v) is 3.65. The van der Waals surface area contributed by atoms with E-state index in [4.69, 9.17) is 0 Å². The number of nitrogens with one attached hydrogen (secondary N) is 2. The number of aromatic amines is 1. The zero-order valence-electron chi connectivity index (χ0n) is 11.9. The van der Waals surface area contributed by atoms with Crippen molar-refractivity contribution in [3.8, 4) is 0 Å². The fraction of sp³-hybridized carbons (Fsp3) is 0.769. The second-order valence-corrected chi connectivity index (χ2v) is 5.33. The number of carbonyl (C=O) groups is 1. The Morgan fingerprint density at radius 1 is 1.42 bits per heavy atom. The van der Waals surface area contributed by atoms with Crippen molar-refractivity contribution in [3.63, 3.8) is 0 Å². The molecule has 106 valence electrons. The van der Waals surface area contributed by atoms with Gasteiger partial charge in [0.05, 0.1) is 0 Å². The fourth-order valence-corrected chi connectivity index (χ4v) is 2.55. The summed E-state index contributed by atoms with van der Waals surface area (Å²) >= 11 is 0. The van der Waals surface area contributed by atoms with Crippen molar-refractivity contribution < 1.29 is 4.79 Å². The zero-order chi connectivity index (χ0) is 13.8. The lowest BCUT2D eigenvalue weighted by molar-refractivity contribution is 0.0362. The van der Waals surface area contributed by atoms with E-state index in [-0.39, 0.29) is 11.7 Å². The number of hydrogen-bond acceptors (Lipinski definition) is 4. The van der Waals surface area contributed by atoms with Crippen LogP contribution < -0.4 is 5.43 Å². The van der Waals surface area contributed by atoms with Crippen LogP contribution in [0, 0.1) is 0 Å². The molecule has 1 amide bonds. The van der Waals surface area contributed by atoms with E-state index in [9.17, 15) is 4.79 Å². The molecular formula is C13H23N5O. The third kappa shape index (κ3) is 3.32. The molecule has 6 nitrogen and oxygen atoms in total. The molecule has 0 bridgehead atoms. The molecule has 1 aliphatic rings. The SMILES string of the molecule is CCCc1nc(C(=O)NN2C(C)CCCC2C)n[nH]1. The molecule has 1 aromatic rings. The number of amides is 1. The van der Waals surface area contributed by atoms with E-state index in [2.05, 4.69) is 41.4 Å². The number of aromatic nitrogens is 3. The van der Waals surface area contributed by atoms with Gasteiger partial charge in [0.2, 0.25) is 5.82 Å². The number of rotatable bonds is 4. The summed E-state index contributed by atoms with van der Waals surface area (Å²) in [7, 11) is 0. The average molecular weight is 265 g/mol. The first-order valence-corrected chi connectivity index (χ1v) is 7.12. The van der Waals surface area contributed by atoms with Gasteiger partial charge in [-0.25, -0.2) is 9.99 Å². The average Bonchev–Trinajstić information content (AvgIpc) is 2.83. The maximum Gasteiger partial charge on any atom is 0.305 e. The molecular weight excluding hydrogens is 242 g/mol. The maximum atomic E-state index is 12.1. The van der Waals surface area contributed by atoms with Crippen LogP contribution >= 0.6 is 0 Å². The Bertz CT molecular complexity index is 420. The Kier molecular flexibility index (Phi) is 4.52. The van der Waals surface area contributed by atoms with Gasteiger partial charge in [-0.1, -0.05) is 13.3 Å². The smallest absolute Gasteiger partial charge is 0.281 e. The van der Waals surface area contributed by atoms with Crippen molar-refractivity contribution in [1.29, 1.82) is 0 Å². The van der Waals surface area contributed by atoms with Gasteiger partial charge in [-0.15, -0.1) is 5.10 Å². The van der Waals surface area contributed by atoms with Crippen molar-refractivity contribution in [2.75, 3.05) is 0 Å². The lowest BCUT2D eigenvalue weighted by atomic mass is 10.00. The Labute approximate surface area is 113 Å². The normalized spacial score (nSPS) is 24.4. The number of H-pyrrole nitrogens is 1. The topological polar surface area (TPSA) is 73.9 Å². The quantitative estimate of drug-likeness (QED) is 0.868. The molecule has 0 radical (unpaired) electrons. The van der Waals surface area contributed by atoms with Gasteiger partial charge < -0.3 is 0 Å². The predicted molar refractivity (Wildman–Crippen MR) is 72.5 cm³/mol. The maximum absolute atomic E-state index is 12.1. The van der Waals surface area contributed by atoms with E-state index in [0.29, 0.717) is 12.1 Å². The molecule has 2 N–H and O–H groups in total. The summed E-state index contributed by atoms with van der Waals surface area (Å²) < 4.78 is 0. The molecule has 1 aromatic heterocycles. The van der Waals surface area contributed by atoms with Crippen molar-refractivity contribution in [3.05, 3.63) is 11.6 Å². The second-order valence-electron chi connectivity index (χ2n) is 5.33. The van der Waals surface area contributed by atoms with Crippen LogP contribution in [0.2, 0.25) is 0 Å². The first kappa shape index (κ1) is 14.0. The van der Waals surface area contributed by atoms with Crippen molar-refractivity contribution >= 4 is 5.91 Å². The van der Waals surface area contributed by atoms with E-state index in [1.807, 2.05) is 5.01 Å². The Hall–Kier alpha value is -1.43. The predicted octanol–water partition coefficient (Wildman–Crippen LogP) is 1.66. The number of hydrazine groups is 1.